The Morgan fingerprint density at radius 2 is 1.96 bits per heavy atom. The van der Waals surface area contributed by atoms with Gasteiger partial charge in [0.25, 0.3) is 0 Å². The van der Waals surface area contributed by atoms with Crippen LogP contribution in [0.2, 0.25) is 0 Å². The van der Waals surface area contributed by atoms with E-state index in [9.17, 15) is 9.90 Å². The van der Waals surface area contributed by atoms with Gasteiger partial charge in [0.05, 0.1) is 6.04 Å². The van der Waals surface area contributed by atoms with Crippen LogP contribution in [-0.4, -0.2) is 48.3 Å². The molecule has 0 aromatic carbocycles. The van der Waals surface area contributed by atoms with Gasteiger partial charge in [-0.3, -0.25) is 4.79 Å². The Hall–Kier alpha value is -0.650. The molecule has 0 aromatic heterocycles. The fraction of sp³-hybridized carbons (Fsp3) is 0.952. The summed E-state index contributed by atoms with van der Waals surface area (Å²) >= 11 is 0. The maximum Gasteiger partial charge on any atom is 0.237 e. The van der Waals surface area contributed by atoms with E-state index in [2.05, 4.69) is 29.8 Å². The Morgan fingerprint density at radius 1 is 1.15 bits per heavy atom. The van der Waals surface area contributed by atoms with E-state index in [4.69, 9.17) is 0 Å². The minimum absolute atomic E-state index is 0.0836. The first kappa shape index (κ1) is 18.7. The summed E-state index contributed by atoms with van der Waals surface area (Å²) in [7, 11) is 0. The number of carbonyl (C=O) groups excluding carboxylic acids is 1. The Bertz CT molecular complexity index is 509. The van der Waals surface area contributed by atoms with E-state index in [1.54, 1.807) is 0 Å². The maximum absolute atomic E-state index is 13.1. The summed E-state index contributed by atoms with van der Waals surface area (Å²) in [6.45, 7) is 5.96. The van der Waals surface area contributed by atoms with E-state index in [1.807, 2.05) is 0 Å². The molecule has 2 aliphatic heterocycles. The Morgan fingerprint density at radius 3 is 2.65 bits per heavy atom. The number of aliphatic hydroxyl groups is 1. The van der Waals surface area contributed by atoms with Crippen molar-refractivity contribution in [3.05, 3.63) is 0 Å². The van der Waals surface area contributed by atoms with Crippen LogP contribution in [0.4, 0.5) is 0 Å². The molecule has 2 saturated carbocycles. The summed E-state index contributed by atoms with van der Waals surface area (Å²) in [6, 6.07) is 1.02. The maximum atomic E-state index is 13.1. The van der Waals surface area contributed by atoms with E-state index in [0.29, 0.717) is 41.7 Å². The van der Waals surface area contributed by atoms with Gasteiger partial charge in [0.15, 0.2) is 0 Å². The van der Waals surface area contributed by atoms with Crippen LogP contribution in [0.3, 0.4) is 0 Å². The third-order valence-electron chi connectivity index (χ3n) is 7.78. The van der Waals surface area contributed by atoms with Crippen LogP contribution >= 0.6 is 0 Å². The van der Waals surface area contributed by atoms with Gasteiger partial charge in [-0.1, -0.05) is 13.8 Å². The van der Waals surface area contributed by atoms with Gasteiger partial charge in [0.1, 0.15) is 0 Å². The number of nitrogens with one attached hydrogen (secondary N) is 3. The van der Waals surface area contributed by atoms with Crippen LogP contribution in [-0.2, 0) is 4.79 Å². The minimum Gasteiger partial charge on any atom is -0.396 e. The average Bonchev–Trinajstić information content (AvgIpc) is 3.38. The lowest BCUT2D eigenvalue weighted by Crippen LogP contribution is -2.58. The Kier molecular flexibility index (Phi) is 5.58. The molecule has 0 spiro atoms. The van der Waals surface area contributed by atoms with Crippen molar-refractivity contribution in [1.29, 1.82) is 0 Å². The van der Waals surface area contributed by atoms with Crippen LogP contribution in [0.1, 0.15) is 58.8 Å². The summed E-state index contributed by atoms with van der Waals surface area (Å²) in [5, 5.41) is 20.5. The lowest BCUT2D eigenvalue weighted by Gasteiger charge is -2.37. The highest BCUT2D eigenvalue weighted by atomic mass is 16.3. The molecule has 0 aromatic rings. The quantitative estimate of drug-likeness (QED) is 0.599. The molecule has 2 aliphatic carbocycles. The molecule has 2 saturated heterocycles. The normalized spacial score (nSPS) is 44.3. The summed E-state index contributed by atoms with van der Waals surface area (Å²) in [4.78, 5) is 13.1. The van der Waals surface area contributed by atoms with Gasteiger partial charge in [-0.15, -0.1) is 0 Å². The van der Waals surface area contributed by atoms with Gasteiger partial charge in [-0.05, 0) is 81.1 Å². The minimum atomic E-state index is -0.0836. The summed E-state index contributed by atoms with van der Waals surface area (Å²) in [5.41, 5.74) is 0. The number of hydrogen-bond acceptors (Lipinski definition) is 4. The van der Waals surface area contributed by atoms with Gasteiger partial charge in [-0.25, -0.2) is 0 Å². The smallest absolute Gasteiger partial charge is 0.237 e. The number of amides is 1. The predicted molar refractivity (Wildman–Crippen MR) is 103 cm³/mol. The molecule has 2 heterocycles. The van der Waals surface area contributed by atoms with E-state index < -0.39 is 0 Å². The molecule has 26 heavy (non-hydrogen) atoms. The first-order chi connectivity index (χ1) is 12.6. The SMILES string of the molecule is CC1CCC(CO)C2CC(C(=O)NC(C3CC3)C3NCCCC3C)NC12. The summed E-state index contributed by atoms with van der Waals surface area (Å²) < 4.78 is 0. The molecular weight excluding hydrogens is 326 g/mol. The van der Waals surface area contributed by atoms with Gasteiger partial charge < -0.3 is 21.1 Å². The van der Waals surface area contributed by atoms with Crippen molar-refractivity contribution >= 4 is 5.91 Å². The van der Waals surface area contributed by atoms with Crippen molar-refractivity contribution in [3.63, 3.8) is 0 Å². The molecule has 8 atom stereocenters. The fourth-order valence-corrected chi connectivity index (χ4v) is 5.97. The Labute approximate surface area is 158 Å². The van der Waals surface area contributed by atoms with Crippen molar-refractivity contribution in [1.82, 2.24) is 16.0 Å². The molecule has 4 N–H and O–H groups in total. The number of rotatable bonds is 5. The topological polar surface area (TPSA) is 73.4 Å². The zero-order chi connectivity index (χ0) is 18.3. The first-order valence-electron chi connectivity index (χ1n) is 11.0. The molecule has 4 rings (SSSR count). The molecule has 1 amide bonds. The predicted octanol–water partition coefficient (Wildman–Crippen LogP) is 1.65. The largest absolute Gasteiger partial charge is 0.396 e. The number of piperidine rings is 1. The highest BCUT2D eigenvalue weighted by Crippen LogP contribution is 2.41. The van der Waals surface area contributed by atoms with E-state index in [-0.39, 0.29) is 24.6 Å². The van der Waals surface area contributed by atoms with E-state index in [1.165, 1.54) is 25.7 Å². The number of fused-ring (bicyclic) bond motifs is 1. The lowest BCUT2D eigenvalue weighted by atomic mass is 9.72. The monoisotopic (exact) mass is 363 g/mol. The second-order valence-corrected chi connectivity index (χ2v) is 9.61. The summed E-state index contributed by atoms with van der Waals surface area (Å²) in [6.07, 6.45) is 8.16. The average molecular weight is 364 g/mol. The number of carbonyl (C=O) groups is 1. The van der Waals surface area contributed by atoms with Crippen molar-refractivity contribution < 1.29 is 9.90 Å². The van der Waals surface area contributed by atoms with Gasteiger partial charge >= 0.3 is 0 Å². The van der Waals surface area contributed by atoms with Gasteiger partial charge in [0.2, 0.25) is 5.91 Å². The van der Waals surface area contributed by atoms with Crippen LogP contribution in [0, 0.1) is 29.6 Å². The highest BCUT2D eigenvalue weighted by Gasteiger charge is 2.47. The molecule has 5 nitrogen and oxygen atoms in total. The van der Waals surface area contributed by atoms with Crippen molar-refractivity contribution in [2.24, 2.45) is 29.6 Å². The molecule has 0 radical (unpaired) electrons. The molecule has 0 bridgehead atoms. The van der Waals surface area contributed by atoms with Crippen LogP contribution in [0.5, 0.6) is 0 Å². The van der Waals surface area contributed by atoms with E-state index >= 15 is 0 Å². The second-order valence-electron chi connectivity index (χ2n) is 9.61. The molecule has 4 aliphatic rings. The fourth-order valence-electron chi connectivity index (χ4n) is 5.97. The van der Waals surface area contributed by atoms with E-state index in [0.717, 1.165) is 25.8 Å². The number of aliphatic hydroxyl groups excluding tert-OH is 1. The van der Waals surface area contributed by atoms with Crippen LogP contribution < -0.4 is 16.0 Å². The standard InChI is InChI=1S/C21H37N3O2/c1-12-4-3-9-22-19(12)20(14-7-8-14)24-21(26)17-10-16-15(11-25)6-5-13(2)18(16)23-17/h12-20,22-23,25H,3-11H2,1-2H3,(H,24,26). The second kappa shape index (κ2) is 7.76. The first-order valence-corrected chi connectivity index (χ1v) is 11.0. The van der Waals surface area contributed by atoms with Crippen molar-refractivity contribution in [2.75, 3.05) is 13.2 Å². The van der Waals surface area contributed by atoms with Gasteiger partial charge in [-0.2, -0.15) is 0 Å². The van der Waals surface area contributed by atoms with Crippen molar-refractivity contribution in [2.45, 2.75) is 83.0 Å². The van der Waals surface area contributed by atoms with Crippen LogP contribution in [0.25, 0.3) is 0 Å². The van der Waals surface area contributed by atoms with Gasteiger partial charge in [0, 0.05) is 24.7 Å². The molecule has 5 heteroatoms. The zero-order valence-electron chi connectivity index (χ0n) is 16.4. The molecule has 4 fully saturated rings. The third-order valence-corrected chi connectivity index (χ3v) is 7.78. The van der Waals surface area contributed by atoms with Crippen molar-refractivity contribution in [3.8, 4) is 0 Å². The molecule has 8 unspecified atom stereocenters. The number of hydrogen-bond donors (Lipinski definition) is 4. The van der Waals surface area contributed by atoms with Crippen LogP contribution in [0.15, 0.2) is 0 Å². The molecule has 148 valence electrons. The highest BCUT2D eigenvalue weighted by molar-refractivity contribution is 5.82. The Balaban J connectivity index is 1.40. The third kappa shape index (κ3) is 3.67. The summed E-state index contributed by atoms with van der Waals surface area (Å²) in [5.74, 6) is 2.89. The zero-order valence-corrected chi connectivity index (χ0v) is 16.4. The lowest BCUT2D eigenvalue weighted by molar-refractivity contribution is -0.124. The molecular formula is C21H37N3O2.